The van der Waals surface area contributed by atoms with E-state index in [-0.39, 0.29) is 0 Å². The second-order valence-electron chi connectivity index (χ2n) is 6.12. The number of hydrogen-bond acceptors (Lipinski definition) is 4. The van der Waals surface area contributed by atoms with Gasteiger partial charge < -0.3 is 9.47 Å². The highest BCUT2D eigenvalue weighted by molar-refractivity contribution is 5.38. The fourth-order valence-corrected chi connectivity index (χ4v) is 3.63. The van der Waals surface area contributed by atoms with Gasteiger partial charge in [-0.15, -0.1) is 0 Å². The average molecular weight is 290 g/mol. The van der Waals surface area contributed by atoms with Gasteiger partial charge in [0.15, 0.2) is 0 Å². The largest absolute Gasteiger partial charge is 0.493 e. The van der Waals surface area contributed by atoms with Crippen molar-refractivity contribution in [2.75, 3.05) is 13.2 Å². The zero-order chi connectivity index (χ0) is 14.5. The normalized spacial score (nSPS) is 26.1. The minimum Gasteiger partial charge on any atom is -0.493 e. The molecule has 3 atom stereocenters. The number of fused-ring (bicyclic) bond motifs is 1. The van der Waals surface area contributed by atoms with Gasteiger partial charge in [0.1, 0.15) is 5.75 Å². The zero-order valence-electron chi connectivity index (χ0n) is 12.6. The van der Waals surface area contributed by atoms with E-state index in [0.717, 1.165) is 38.2 Å². The van der Waals surface area contributed by atoms with Gasteiger partial charge in [-0.25, -0.2) is 0 Å². The molecule has 1 fully saturated rings. The number of ether oxygens (including phenoxy) is 2. The SMILES string of the molecule is NNC(CCCC1CCCO1)C1CCOc2ccccc21. The minimum atomic E-state index is 0.316. The molecule has 2 heterocycles. The summed E-state index contributed by atoms with van der Waals surface area (Å²) in [6.07, 6.45) is 7.37. The Labute approximate surface area is 127 Å². The van der Waals surface area contributed by atoms with E-state index >= 15 is 0 Å². The molecule has 0 aromatic heterocycles. The maximum Gasteiger partial charge on any atom is 0.122 e. The number of hydrazine groups is 1. The van der Waals surface area contributed by atoms with E-state index in [1.165, 1.54) is 24.8 Å². The van der Waals surface area contributed by atoms with E-state index in [1.54, 1.807) is 0 Å². The molecule has 0 saturated carbocycles. The Balaban J connectivity index is 1.58. The van der Waals surface area contributed by atoms with E-state index in [4.69, 9.17) is 15.3 Å². The van der Waals surface area contributed by atoms with Crippen molar-refractivity contribution in [2.45, 2.75) is 56.6 Å². The Hall–Kier alpha value is -1.10. The summed E-state index contributed by atoms with van der Waals surface area (Å²) in [5, 5.41) is 0. The summed E-state index contributed by atoms with van der Waals surface area (Å²) in [4.78, 5) is 0. The standard InChI is InChI=1S/C17H26N2O2/c18-19-16(8-3-5-13-6-4-11-20-13)14-10-12-21-17-9-2-1-7-15(14)17/h1-2,7,9,13-14,16,19H,3-6,8,10-12,18H2. The molecule has 116 valence electrons. The monoisotopic (exact) mass is 290 g/mol. The van der Waals surface area contributed by atoms with Gasteiger partial charge in [0, 0.05) is 18.6 Å². The van der Waals surface area contributed by atoms with Crippen molar-refractivity contribution >= 4 is 0 Å². The second kappa shape index (κ2) is 7.25. The maximum atomic E-state index is 5.83. The third kappa shape index (κ3) is 3.57. The highest BCUT2D eigenvalue weighted by Gasteiger charge is 2.28. The topological polar surface area (TPSA) is 56.5 Å². The lowest BCUT2D eigenvalue weighted by molar-refractivity contribution is 0.100. The number of nitrogens with one attached hydrogen (secondary N) is 1. The Kier molecular flexibility index (Phi) is 5.12. The molecule has 4 nitrogen and oxygen atoms in total. The molecule has 4 heteroatoms. The van der Waals surface area contributed by atoms with Crippen molar-refractivity contribution in [1.29, 1.82) is 0 Å². The van der Waals surface area contributed by atoms with E-state index in [1.807, 2.05) is 6.07 Å². The van der Waals surface area contributed by atoms with Crippen LogP contribution in [0.25, 0.3) is 0 Å². The third-order valence-electron chi connectivity index (χ3n) is 4.77. The fraction of sp³-hybridized carbons (Fsp3) is 0.647. The second-order valence-corrected chi connectivity index (χ2v) is 6.12. The van der Waals surface area contributed by atoms with Gasteiger partial charge >= 0.3 is 0 Å². The quantitative estimate of drug-likeness (QED) is 0.625. The number of nitrogens with two attached hydrogens (primary N) is 1. The van der Waals surface area contributed by atoms with Gasteiger partial charge in [-0.05, 0) is 50.2 Å². The van der Waals surface area contributed by atoms with Crippen LogP contribution in [0.2, 0.25) is 0 Å². The lowest BCUT2D eigenvalue weighted by Crippen LogP contribution is -2.41. The first-order valence-corrected chi connectivity index (χ1v) is 8.18. The molecule has 0 amide bonds. The van der Waals surface area contributed by atoms with Gasteiger partial charge in [0.25, 0.3) is 0 Å². The van der Waals surface area contributed by atoms with Crippen LogP contribution < -0.4 is 16.0 Å². The Bertz CT molecular complexity index is 446. The van der Waals surface area contributed by atoms with Crippen molar-refractivity contribution in [3.63, 3.8) is 0 Å². The van der Waals surface area contributed by atoms with Gasteiger partial charge in [-0.2, -0.15) is 0 Å². The minimum absolute atomic E-state index is 0.316. The molecule has 3 rings (SSSR count). The van der Waals surface area contributed by atoms with Crippen LogP contribution in [0.4, 0.5) is 0 Å². The summed E-state index contributed by atoms with van der Waals surface area (Å²) in [5.41, 5.74) is 4.34. The van der Waals surface area contributed by atoms with Crippen LogP contribution in [0.5, 0.6) is 5.75 Å². The summed E-state index contributed by atoms with van der Waals surface area (Å²) in [6.45, 7) is 1.72. The predicted octanol–water partition coefficient (Wildman–Crippen LogP) is 2.73. The molecule has 0 spiro atoms. The molecule has 1 saturated heterocycles. The van der Waals surface area contributed by atoms with Crippen LogP contribution in [-0.2, 0) is 4.74 Å². The summed E-state index contributed by atoms with van der Waals surface area (Å²) in [6, 6.07) is 8.66. The summed E-state index contributed by atoms with van der Waals surface area (Å²) in [5.74, 6) is 7.30. The molecule has 0 aliphatic carbocycles. The molecule has 2 aliphatic heterocycles. The fourth-order valence-electron chi connectivity index (χ4n) is 3.63. The average Bonchev–Trinajstić information content (AvgIpc) is 3.05. The van der Waals surface area contributed by atoms with Crippen LogP contribution in [-0.4, -0.2) is 25.4 Å². The lowest BCUT2D eigenvalue weighted by atomic mass is 9.84. The summed E-state index contributed by atoms with van der Waals surface area (Å²) >= 11 is 0. The first kappa shape index (κ1) is 14.8. The first-order valence-electron chi connectivity index (χ1n) is 8.18. The molecule has 3 unspecified atom stereocenters. The van der Waals surface area contributed by atoms with Crippen molar-refractivity contribution in [3.8, 4) is 5.75 Å². The molecule has 1 aromatic carbocycles. The molecule has 2 aliphatic rings. The first-order chi connectivity index (χ1) is 10.4. The third-order valence-corrected chi connectivity index (χ3v) is 4.77. The number of rotatable bonds is 6. The summed E-state index contributed by atoms with van der Waals surface area (Å²) < 4.78 is 11.4. The van der Waals surface area contributed by atoms with Gasteiger partial charge in [-0.3, -0.25) is 11.3 Å². The van der Waals surface area contributed by atoms with Crippen LogP contribution in [0.15, 0.2) is 24.3 Å². The molecule has 0 bridgehead atoms. The van der Waals surface area contributed by atoms with Crippen molar-refractivity contribution in [3.05, 3.63) is 29.8 Å². The van der Waals surface area contributed by atoms with Gasteiger partial charge in [0.2, 0.25) is 0 Å². The molecular weight excluding hydrogens is 264 g/mol. The van der Waals surface area contributed by atoms with Crippen molar-refractivity contribution < 1.29 is 9.47 Å². The zero-order valence-corrected chi connectivity index (χ0v) is 12.6. The van der Waals surface area contributed by atoms with Crippen molar-refractivity contribution in [1.82, 2.24) is 5.43 Å². The molecule has 1 aromatic rings. The number of para-hydroxylation sites is 1. The number of benzene rings is 1. The van der Waals surface area contributed by atoms with Gasteiger partial charge in [0.05, 0.1) is 12.7 Å². The Morgan fingerprint density at radius 3 is 2.95 bits per heavy atom. The smallest absolute Gasteiger partial charge is 0.122 e. The van der Waals surface area contributed by atoms with Crippen molar-refractivity contribution in [2.24, 2.45) is 5.84 Å². The van der Waals surface area contributed by atoms with Crippen LogP contribution in [0.1, 0.15) is 50.0 Å². The van der Waals surface area contributed by atoms with Gasteiger partial charge in [-0.1, -0.05) is 18.2 Å². The highest BCUT2D eigenvalue weighted by Crippen LogP contribution is 2.36. The molecule has 3 N–H and O–H groups in total. The highest BCUT2D eigenvalue weighted by atomic mass is 16.5. The number of hydrogen-bond donors (Lipinski definition) is 2. The molecule has 21 heavy (non-hydrogen) atoms. The van der Waals surface area contributed by atoms with E-state index in [2.05, 4.69) is 23.6 Å². The molecule has 0 radical (unpaired) electrons. The van der Waals surface area contributed by atoms with E-state index in [9.17, 15) is 0 Å². The summed E-state index contributed by atoms with van der Waals surface area (Å²) in [7, 11) is 0. The van der Waals surface area contributed by atoms with Crippen LogP contribution in [0.3, 0.4) is 0 Å². The Morgan fingerprint density at radius 1 is 1.24 bits per heavy atom. The van der Waals surface area contributed by atoms with E-state index < -0.39 is 0 Å². The van der Waals surface area contributed by atoms with Crippen LogP contribution in [0, 0.1) is 0 Å². The predicted molar refractivity (Wildman–Crippen MR) is 83.2 cm³/mol. The van der Waals surface area contributed by atoms with Crippen LogP contribution >= 0.6 is 0 Å². The maximum absolute atomic E-state index is 5.83. The van der Waals surface area contributed by atoms with E-state index in [0.29, 0.717) is 18.1 Å². The molecular formula is C17H26N2O2. The Morgan fingerprint density at radius 2 is 2.14 bits per heavy atom. The lowest BCUT2D eigenvalue weighted by Gasteiger charge is -2.32.